The van der Waals surface area contributed by atoms with E-state index in [1.807, 2.05) is 11.1 Å². The van der Waals surface area contributed by atoms with Gasteiger partial charge in [0.1, 0.15) is 5.82 Å². The second-order valence-corrected chi connectivity index (χ2v) is 7.57. The third kappa shape index (κ3) is 3.55. The molecule has 25 heavy (non-hydrogen) atoms. The maximum Gasteiger partial charge on any atom is 0.225 e. The maximum absolute atomic E-state index is 12.9. The summed E-state index contributed by atoms with van der Waals surface area (Å²) >= 11 is 0. The van der Waals surface area contributed by atoms with Crippen LogP contribution in [0.4, 0.5) is 0 Å². The van der Waals surface area contributed by atoms with Crippen molar-refractivity contribution in [1.29, 1.82) is 0 Å². The van der Waals surface area contributed by atoms with Gasteiger partial charge in [-0.05, 0) is 45.1 Å². The minimum absolute atomic E-state index is 0.163. The predicted molar refractivity (Wildman–Crippen MR) is 93.9 cm³/mol. The predicted octanol–water partition coefficient (Wildman–Crippen LogP) is 1.99. The standard InChI is InChI=1S/C19H28N4O2/c1-25-15-6-4-13(5-7-15)19(24)23-10-8-16-14(12-23)11-21-18(22-16)17-3-2-9-20-17/h11,13,15,17,20H,2-10,12H2,1H3. The molecule has 3 aliphatic rings. The Hall–Kier alpha value is -1.53. The number of fused-ring (bicyclic) bond motifs is 1. The summed E-state index contributed by atoms with van der Waals surface area (Å²) in [6, 6.07) is 0.306. The highest BCUT2D eigenvalue weighted by Crippen LogP contribution is 2.29. The van der Waals surface area contributed by atoms with Gasteiger partial charge < -0.3 is 15.0 Å². The van der Waals surface area contributed by atoms with E-state index in [4.69, 9.17) is 9.72 Å². The Balaban J connectivity index is 1.40. The van der Waals surface area contributed by atoms with Gasteiger partial charge in [-0.3, -0.25) is 4.79 Å². The van der Waals surface area contributed by atoms with Crippen LogP contribution in [0.2, 0.25) is 0 Å². The van der Waals surface area contributed by atoms with E-state index in [0.29, 0.717) is 24.6 Å². The largest absolute Gasteiger partial charge is 0.381 e. The molecule has 1 amide bonds. The smallest absolute Gasteiger partial charge is 0.225 e. The number of rotatable bonds is 3. The van der Waals surface area contributed by atoms with Crippen LogP contribution in [0.3, 0.4) is 0 Å². The Morgan fingerprint density at radius 1 is 1.28 bits per heavy atom. The first kappa shape index (κ1) is 16.9. The molecule has 2 aliphatic heterocycles. The molecule has 1 aliphatic carbocycles. The van der Waals surface area contributed by atoms with Crippen LogP contribution in [-0.2, 0) is 22.5 Å². The molecule has 0 radical (unpaired) electrons. The van der Waals surface area contributed by atoms with Crippen molar-refractivity contribution in [3.8, 4) is 0 Å². The minimum atomic E-state index is 0.163. The highest BCUT2D eigenvalue weighted by atomic mass is 16.5. The summed E-state index contributed by atoms with van der Waals surface area (Å²) in [5.41, 5.74) is 2.25. The van der Waals surface area contributed by atoms with Crippen LogP contribution in [0.5, 0.6) is 0 Å². The molecular formula is C19H28N4O2. The molecule has 3 heterocycles. The van der Waals surface area contributed by atoms with Crippen molar-refractivity contribution in [2.75, 3.05) is 20.2 Å². The van der Waals surface area contributed by atoms with Gasteiger partial charge in [0.05, 0.1) is 17.8 Å². The van der Waals surface area contributed by atoms with Crippen LogP contribution >= 0.6 is 0 Å². The number of nitrogens with zero attached hydrogens (tertiary/aromatic N) is 3. The minimum Gasteiger partial charge on any atom is -0.381 e. The zero-order valence-electron chi connectivity index (χ0n) is 15.0. The lowest BCUT2D eigenvalue weighted by Gasteiger charge is -2.34. The average molecular weight is 344 g/mol. The average Bonchev–Trinajstić information content (AvgIpc) is 3.21. The molecule has 1 unspecified atom stereocenters. The molecule has 6 heteroatoms. The van der Waals surface area contributed by atoms with E-state index in [2.05, 4.69) is 10.3 Å². The highest BCUT2D eigenvalue weighted by Gasteiger charge is 2.31. The molecular weight excluding hydrogens is 316 g/mol. The Morgan fingerprint density at radius 2 is 2.12 bits per heavy atom. The zero-order chi connectivity index (χ0) is 17.2. The molecule has 4 rings (SSSR count). The number of hydrogen-bond acceptors (Lipinski definition) is 5. The first-order valence-electron chi connectivity index (χ1n) is 9.64. The van der Waals surface area contributed by atoms with Gasteiger partial charge in [-0.1, -0.05) is 0 Å². The van der Waals surface area contributed by atoms with E-state index in [1.165, 1.54) is 6.42 Å². The monoisotopic (exact) mass is 344 g/mol. The summed E-state index contributed by atoms with van der Waals surface area (Å²) in [4.78, 5) is 24.2. The number of amides is 1. The third-order valence-corrected chi connectivity index (χ3v) is 5.99. The number of carbonyl (C=O) groups excluding carboxylic acids is 1. The summed E-state index contributed by atoms with van der Waals surface area (Å²) < 4.78 is 5.42. The maximum atomic E-state index is 12.9. The molecule has 1 aromatic heterocycles. The van der Waals surface area contributed by atoms with Crippen molar-refractivity contribution in [2.24, 2.45) is 5.92 Å². The summed E-state index contributed by atoms with van der Waals surface area (Å²) in [6.45, 7) is 2.50. The molecule has 0 aromatic carbocycles. The van der Waals surface area contributed by atoms with Crippen LogP contribution in [0.15, 0.2) is 6.20 Å². The summed E-state index contributed by atoms with van der Waals surface area (Å²) in [5, 5.41) is 3.46. The molecule has 1 saturated carbocycles. The number of carbonyl (C=O) groups is 1. The SMILES string of the molecule is COC1CCC(C(=O)N2CCc3nc(C4CCCN4)ncc3C2)CC1. The van der Waals surface area contributed by atoms with E-state index in [9.17, 15) is 4.79 Å². The van der Waals surface area contributed by atoms with Gasteiger partial charge in [-0.2, -0.15) is 0 Å². The first-order chi connectivity index (χ1) is 12.2. The van der Waals surface area contributed by atoms with Gasteiger partial charge in [0.15, 0.2) is 0 Å². The quantitative estimate of drug-likeness (QED) is 0.908. The van der Waals surface area contributed by atoms with E-state index in [1.54, 1.807) is 7.11 Å². The lowest BCUT2D eigenvalue weighted by molar-refractivity contribution is -0.138. The van der Waals surface area contributed by atoms with Crippen LogP contribution in [0.25, 0.3) is 0 Å². The number of aromatic nitrogens is 2. The van der Waals surface area contributed by atoms with Gasteiger partial charge in [0.25, 0.3) is 0 Å². The molecule has 1 saturated heterocycles. The van der Waals surface area contributed by atoms with Crippen molar-refractivity contribution in [3.63, 3.8) is 0 Å². The van der Waals surface area contributed by atoms with Crippen LogP contribution in [0.1, 0.15) is 61.6 Å². The molecule has 1 atom stereocenters. The Kier molecular flexibility index (Phi) is 4.99. The van der Waals surface area contributed by atoms with Gasteiger partial charge >= 0.3 is 0 Å². The molecule has 2 fully saturated rings. The lowest BCUT2D eigenvalue weighted by atomic mass is 9.86. The fraction of sp³-hybridized carbons (Fsp3) is 0.737. The van der Waals surface area contributed by atoms with Crippen molar-refractivity contribution < 1.29 is 9.53 Å². The van der Waals surface area contributed by atoms with Crippen LogP contribution in [0, 0.1) is 5.92 Å². The third-order valence-electron chi connectivity index (χ3n) is 5.99. The highest BCUT2D eigenvalue weighted by molar-refractivity contribution is 5.79. The van der Waals surface area contributed by atoms with E-state index >= 15 is 0 Å². The summed E-state index contributed by atoms with van der Waals surface area (Å²) in [6.07, 6.45) is 9.33. The number of hydrogen-bond donors (Lipinski definition) is 1. The van der Waals surface area contributed by atoms with Crippen molar-refractivity contribution >= 4 is 5.91 Å². The van der Waals surface area contributed by atoms with Crippen molar-refractivity contribution in [3.05, 3.63) is 23.3 Å². The van der Waals surface area contributed by atoms with E-state index in [-0.39, 0.29) is 5.92 Å². The second kappa shape index (κ2) is 7.38. The summed E-state index contributed by atoms with van der Waals surface area (Å²) in [7, 11) is 1.77. The first-order valence-corrected chi connectivity index (χ1v) is 9.64. The van der Waals surface area contributed by atoms with Crippen LogP contribution < -0.4 is 5.32 Å². The fourth-order valence-electron chi connectivity index (χ4n) is 4.40. The normalized spacial score (nSPS) is 29.5. The van der Waals surface area contributed by atoms with Crippen LogP contribution in [-0.4, -0.2) is 47.1 Å². The molecule has 1 aromatic rings. The molecule has 6 nitrogen and oxygen atoms in total. The Morgan fingerprint density at radius 3 is 2.84 bits per heavy atom. The number of ether oxygens (including phenoxy) is 1. The Bertz CT molecular complexity index is 622. The molecule has 0 bridgehead atoms. The fourth-order valence-corrected chi connectivity index (χ4v) is 4.40. The zero-order valence-corrected chi connectivity index (χ0v) is 15.0. The topological polar surface area (TPSA) is 67.3 Å². The molecule has 1 N–H and O–H groups in total. The summed E-state index contributed by atoms with van der Waals surface area (Å²) in [5.74, 6) is 1.39. The lowest BCUT2D eigenvalue weighted by Crippen LogP contribution is -2.41. The van der Waals surface area contributed by atoms with E-state index < -0.39 is 0 Å². The molecule has 136 valence electrons. The second-order valence-electron chi connectivity index (χ2n) is 7.57. The van der Waals surface area contributed by atoms with Gasteiger partial charge in [-0.25, -0.2) is 9.97 Å². The van der Waals surface area contributed by atoms with E-state index in [0.717, 1.165) is 68.7 Å². The molecule has 0 spiro atoms. The Labute approximate surface area is 149 Å². The van der Waals surface area contributed by atoms with Crippen molar-refractivity contribution in [2.45, 2.75) is 63.6 Å². The van der Waals surface area contributed by atoms with Crippen molar-refractivity contribution in [1.82, 2.24) is 20.2 Å². The van der Waals surface area contributed by atoms with Gasteiger partial charge in [0.2, 0.25) is 5.91 Å². The van der Waals surface area contributed by atoms with Gasteiger partial charge in [0, 0.05) is 44.3 Å². The van der Waals surface area contributed by atoms with Gasteiger partial charge in [-0.15, -0.1) is 0 Å². The number of methoxy groups -OCH3 is 1. The number of nitrogens with one attached hydrogen (secondary N) is 1.